The number of para-hydroxylation sites is 2. The van der Waals surface area contributed by atoms with Gasteiger partial charge in [-0.25, -0.2) is 4.98 Å². The summed E-state index contributed by atoms with van der Waals surface area (Å²) in [7, 11) is 0. The molecular weight excluding hydrogens is 332 g/mol. The molecule has 0 unspecified atom stereocenters. The zero-order chi connectivity index (χ0) is 18.1. The molecule has 4 nitrogen and oxygen atoms in total. The summed E-state index contributed by atoms with van der Waals surface area (Å²) in [6.07, 6.45) is 3.98. The number of anilines is 1. The van der Waals surface area contributed by atoms with Crippen molar-refractivity contribution in [3.8, 4) is 0 Å². The van der Waals surface area contributed by atoms with Gasteiger partial charge in [-0.15, -0.1) is 0 Å². The van der Waals surface area contributed by atoms with Crippen LogP contribution in [0.3, 0.4) is 0 Å². The highest BCUT2D eigenvalue weighted by atomic mass is 15.4. The third kappa shape index (κ3) is 3.46. The Labute approximate surface area is 161 Å². The number of quaternary nitrogens is 1. The third-order valence-electron chi connectivity index (χ3n) is 6.43. The van der Waals surface area contributed by atoms with Crippen molar-refractivity contribution < 1.29 is 4.90 Å². The number of rotatable bonds is 5. The second-order valence-electron chi connectivity index (χ2n) is 8.17. The summed E-state index contributed by atoms with van der Waals surface area (Å²) in [4.78, 5) is 9.14. The number of piperidine rings is 1. The number of hydrogen-bond acceptors (Lipinski definition) is 2. The molecule has 5 rings (SSSR count). The number of benzene rings is 2. The summed E-state index contributed by atoms with van der Waals surface area (Å²) < 4.78 is 2.39. The van der Waals surface area contributed by atoms with Gasteiger partial charge in [0.05, 0.1) is 37.2 Å². The molecule has 0 saturated carbocycles. The van der Waals surface area contributed by atoms with Crippen molar-refractivity contribution in [1.82, 2.24) is 9.55 Å². The lowest BCUT2D eigenvalue weighted by atomic mass is 9.90. The molecule has 1 fully saturated rings. The van der Waals surface area contributed by atoms with Crippen LogP contribution in [0.2, 0.25) is 0 Å². The van der Waals surface area contributed by atoms with E-state index in [-0.39, 0.29) is 0 Å². The van der Waals surface area contributed by atoms with E-state index in [9.17, 15) is 0 Å². The predicted molar refractivity (Wildman–Crippen MR) is 110 cm³/mol. The summed E-state index contributed by atoms with van der Waals surface area (Å²) in [5.74, 6) is 2.04. The molecular formula is C23H29N4+. The molecule has 0 bridgehead atoms. The van der Waals surface area contributed by atoms with E-state index in [1.807, 2.05) is 0 Å². The van der Waals surface area contributed by atoms with Crippen LogP contribution in [0, 0.1) is 5.92 Å². The fraction of sp³-hybridized carbons (Fsp3) is 0.435. The van der Waals surface area contributed by atoms with Crippen molar-refractivity contribution in [2.75, 3.05) is 37.6 Å². The standard InChI is InChI=1S/C23H28N4/c1-2-6-19(7-3-1)18-20-10-12-25(13-11-20)14-15-26-16-17-27-22-9-5-4-8-21(22)24-23(26)27/h1-9,20H,10-18H2/p+1. The van der Waals surface area contributed by atoms with Gasteiger partial charge in [0.2, 0.25) is 5.95 Å². The lowest BCUT2D eigenvalue weighted by molar-refractivity contribution is -0.904. The molecule has 0 radical (unpaired) electrons. The Morgan fingerprint density at radius 1 is 0.926 bits per heavy atom. The second kappa shape index (κ2) is 7.35. The number of nitrogens with one attached hydrogen (secondary N) is 1. The van der Waals surface area contributed by atoms with Gasteiger partial charge in [0.15, 0.2) is 0 Å². The Morgan fingerprint density at radius 3 is 2.56 bits per heavy atom. The van der Waals surface area contributed by atoms with Crippen molar-refractivity contribution in [2.24, 2.45) is 5.92 Å². The van der Waals surface area contributed by atoms with Gasteiger partial charge in [-0.2, -0.15) is 0 Å². The smallest absolute Gasteiger partial charge is 0.206 e. The third-order valence-corrected chi connectivity index (χ3v) is 6.43. The minimum absolute atomic E-state index is 0.868. The molecule has 2 aromatic carbocycles. The van der Waals surface area contributed by atoms with Gasteiger partial charge in [-0.3, -0.25) is 0 Å². The first-order valence-electron chi connectivity index (χ1n) is 10.4. The predicted octanol–water partition coefficient (Wildman–Crippen LogP) is 2.39. The monoisotopic (exact) mass is 361 g/mol. The maximum atomic E-state index is 4.88. The average molecular weight is 362 g/mol. The van der Waals surface area contributed by atoms with Crippen LogP contribution >= 0.6 is 0 Å². The molecule has 4 heteroatoms. The zero-order valence-corrected chi connectivity index (χ0v) is 16.0. The minimum Gasteiger partial charge on any atom is -0.335 e. The Balaban J connectivity index is 1.14. The number of likely N-dealkylation sites (tertiary alicyclic amines) is 1. The second-order valence-corrected chi connectivity index (χ2v) is 8.17. The molecule has 3 aromatic rings. The van der Waals surface area contributed by atoms with Crippen LogP contribution in [0.5, 0.6) is 0 Å². The van der Waals surface area contributed by atoms with E-state index in [0.717, 1.165) is 31.1 Å². The van der Waals surface area contributed by atoms with Gasteiger partial charge in [-0.1, -0.05) is 42.5 Å². The van der Waals surface area contributed by atoms with Crippen LogP contribution in [-0.4, -0.2) is 42.3 Å². The number of hydrogen-bond donors (Lipinski definition) is 1. The summed E-state index contributed by atoms with van der Waals surface area (Å²) in [6, 6.07) is 19.5. The molecule has 1 aromatic heterocycles. The van der Waals surface area contributed by atoms with E-state index in [0.29, 0.717) is 0 Å². The minimum atomic E-state index is 0.868. The molecule has 1 saturated heterocycles. The van der Waals surface area contributed by atoms with Crippen molar-refractivity contribution in [2.45, 2.75) is 25.8 Å². The van der Waals surface area contributed by atoms with Crippen LogP contribution in [-0.2, 0) is 13.0 Å². The average Bonchev–Trinajstić information content (AvgIpc) is 3.28. The van der Waals surface area contributed by atoms with Crippen molar-refractivity contribution in [3.05, 3.63) is 60.2 Å². The quantitative estimate of drug-likeness (QED) is 0.755. The number of nitrogens with zero attached hydrogens (tertiary/aromatic N) is 3. The van der Waals surface area contributed by atoms with Gasteiger partial charge in [0, 0.05) is 13.1 Å². The summed E-state index contributed by atoms with van der Waals surface area (Å²) in [5.41, 5.74) is 3.91. The Bertz CT molecular complexity index is 893. The molecule has 140 valence electrons. The Hall–Kier alpha value is -2.33. The SMILES string of the molecule is c1ccc(CC2CC[NH+](CCN3CCn4c3nc3ccccc34)CC2)cc1. The van der Waals surface area contributed by atoms with Crippen LogP contribution in [0.1, 0.15) is 18.4 Å². The first-order chi connectivity index (χ1) is 13.4. The van der Waals surface area contributed by atoms with Gasteiger partial charge >= 0.3 is 0 Å². The maximum Gasteiger partial charge on any atom is 0.206 e. The molecule has 1 N–H and O–H groups in total. The number of fused-ring (bicyclic) bond motifs is 3. The van der Waals surface area contributed by atoms with Gasteiger partial charge in [0.25, 0.3) is 0 Å². The highest BCUT2D eigenvalue weighted by Gasteiger charge is 2.26. The Morgan fingerprint density at radius 2 is 1.70 bits per heavy atom. The summed E-state index contributed by atoms with van der Waals surface area (Å²) in [5, 5.41) is 0. The highest BCUT2D eigenvalue weighted by Crippen LogP contribution is 2.26. The zero-order valence-electron chi connectivity index (χ0n) is 16.0. The van der Waals surface area contributed by atoms with E-state index >= 15 is 0 Å². The fourth-order valence-electron chi connectivity index (χ4n) is 4.84. The van der Waals surface area contributed by atoms with E-state index < -0.39 is 0 Å². The molecule has 2 aliphatic rings. The van der Waals surface area contributed by atoms with E-state index in [1.54, 1.807) is 4.90 Å². The van der Waals surface area contributed by atoms with Gasteiger partial charge < -0.3 is 14.4 Å². The van der Waals surface area contributed by atoms with Crippen molar-refractivity contribution in [1.29, 1.82) is 0 Å². The molecule has 0 amide bonds. The van der Waals surface area contributed by atoms with Gasteiger partial charge in [-0.05, 0) is 42.9 Å². The van der Waals surface area contributed by atoms with E-state index in [1.165, 1.54) is 55.9 Å². The lowest BCUT2D eigenvalue weighted by Crippen LogP contribution is -3.13. The molecule has 0 atom stereocenters. The van der Waals surface area contributed by atoms with Crippen molar-refractivity contribution in [3.63, 3.8) is 0 Å². The molecule has 27 heavy (non-hydrogen) atoms. The normalized spacial score (nSPS) is 22.3. The van der Waals surface area contributed by atoms with Crippen LogP contribution < -0.4 is 9.80 Å². The topological polar surface area (TPSA) is 25.5 Å². The first-order valence-corrected chi connectivity index (χ1v) is 10.4. The lowest BCUT2D eigenvalue weighted by Gasteiger charge is -2.30. The number of aromatic nitrogens is 2. The number of imidazole rings is 1. The van der Waals surface area contributed by atoms with Crippen molar-refractivity contribution >= 4 is 17.0 Å². The molecule has 0 spiro atoms. The largest absolute Gasteiger partial charge is 0.335 e. The summed E-state index contributed by atoms with van der Waals surface area (Å²) in [6.45, 7) is 7.19. The van der Waals surface area contributed by atoms with Crippen LogP contribution in [0.25, 0.3) is 11.0 Å². The van der Waals surface area contributed by atoms with Crippen LogP contribution in [0.4, 0.5) is 5.95 Å². The maximum absolute atomic E-state index is 4.88. The van der Waals surface area contributed by atoms with Gasteiger partial charge in [0.1, 0.15) is 0 Å². The summed E-state index contributed by atoms with van der Waals surface area (Å²) >= 11 is 0. The van der Waals surface area contributed by atoms with E-state index in [2.05, 4.69) is 64.1 Å². The Kier molecular flexibility index (Phi) is 4.58. The molecule has 2 aliphatic heterocycles. The van der Waals surface area contributed by atoms with Crippen LogP contribution in [0.15, 0.2) is 54.6 Å². The molecule has 0 aliphatic carbocycles. The molecule has 3 heterocycles. The van der Waals surface area contributed by atoms with E-state index in [4.69, 9.17) is 4.98 Å². The fourth-order valence-corrected chi connectivity index (χ4v) is 4.84. The first kappa shape index (κ1) is 16.8. The highest BCUT2D eigenvalue weighted by molar-refractivity contribution is 5.79.